The molecule has 0 bridgehead atoms. The van der Waals surface area contributed by atoms with Gasteiger partial charge in [-0.1, -0.05) is 23.4 Å². The third-order valence-electron chi connectivity index (χ3n) is 4.26. The van der Waals surface area contributed by atoms with Gasteiger partial charge in [0.15, 0.2) is 11.5 Å². The van der Waals surface area contributed by atoms with Crippen LogP contribution in [-0.2, 0) is 6.42 Å². The maximum Gasteiger partial charge on any atom is 0.264 e. The lowest BCUT2D eigenvalue weighted by molar-refractivity contribution is 0.0980. The van der Waals surface area contributed by atoms with E-state index < -0.39 is 0 Å². The molecule has 4 rings (SSSR count). The summed E-state index contributed by atoms with van der Waals surface area (Å²) >= 11 is 0. The molecule has 5 heteroatoms. The van der Waals surface area contributed by atoms with Gasteiger partial charge in [0, 0.05) is 11.7 Å². The van der Waals surface area contributed by atoms with Gasteiger partial charge < -0.3 is 13.8 Å². The van der Waals surface area contributed by atoms with Crippen molar-refractivity contribution in [1.29, 1.82) is 0 Å². The number of anilines is 1. The molecule has 116 valence electrons. The summed E-state index contributed by atoms with van der Waals surface area (Å²) < 4.78 is 10.7. The Morgan fingerprint density at radius 1 is 1.26 bits per heavy atom. The normalized spacial score (nSPS) is 16.6. The van der Waals surface area contributed by atoms with Crippen molar-refractivity contribution in [3.05, 3.63) is 59.5 Å². The van der Waals surface area contributed by atoms with E-state index in [9.17, 15) is 4.79 Å². The number of hydrogen-bond donors (Lipinski definition) is 0. The van der Waals surface area contributed by atoms with E-state index in [-0.39, 0.29) is 11.9 Å². The summed E-state index contributed by atoms with van der Waals surface area (Å²) in [6, 6.07) is 11.6. The van der Waals surface area contributed by atoms with Gasteiger partial charge in [0.2, 0.25) is 0 Å². The Balaban J connectivity index is 1.81. The molecule has 0 radical (unpaired) electrons. The summed E-state index contributed by atoms with van der Waals surface area (Å²) in [4.78, 5) is 15.0. The molecule has 2 aromatic heterocycles. The second-order valence-corrected chi connectivity index (χ2v) is 5.80. The van der Waals surface area contributed by atoms with E-state index in [1.165, 1.54) is 5.56 Å². The molecule has 3 aromatic rings. The summed E-state index contributed by atoms with van der Waals surface area (Å²) in [5.74, 6) is 0.927. The molecule has 5 nitrogen and oxygen atoms in total. The van der Waals surface area contributed by atoms with Crippen molar-refractivity contribution < 1.29 is 13.7 Å². The van der Waals surface area contributed by atoms with E-state index in [1.807, 2.05) is 30.0 Å². The van der Waals surface area contributed by atoms with Crippen LogP contribution in [0.25, 0.3) is 11.5 Å². The fraction of sp³-hybridized carbons (Fsp3) is 0.222. The highest BCUT2D eigenvalue weighted by atomic mass is 16.5. The van der Waals surface area contributed by atoms with E-state index >= 15 is 0 Å². The van der Waals surface area contributed by atoms with Crippen molar-refractivity contribution in [3.8, 4) is 11.5 Å². The molecule has 3 heterocycles. The van der Waals surface area contributed by atoms with E-state index in [1.54, 1.807) is 25.3 Å². The smallest absolute Gasteiger partial charge is 0.264 e. The topological polar surface area (TPSA) is 59.5 Å². The summed E-state index contributed by atoms with van der Waals surface area (Å²) in [7, 11) is 0. The molecule has 1 unspecified atom stereocenters. The molecule has 0 aliphatic carbocycles. The fourth-order valence-corrected chi connectivity index (χ4v) is 3.20. The highest BCUT2D eigenvalue weighted by molar-refractivity contribution is 6.11. The quantitative estimate of drug-likeness (QED) is 0.722. The molecular weight excluding hydrogens is 292 g/mol. The van der Waals surface area contributed by atoms with Crippen LogP contribution in [0, 0.1) is 6.92 Å². The van der Waals surface area contributed by atoms with E-state index in [0.29, 0.717) is 22.8 Å². The number of nitrogens with zero attached hydrogens (tertiary/aromatic N) is 2. The average molecular weight is 308 g/mol. The number of benzene rings is 1. The maximum atomic E-state index is 13.2. The number of rotatable bonds is 2. The van der Waals surface area contributed by atoms with Gasteiger partial charge in [0.25, 0.3) is 5.91 Å². The van der Waals surface area contributed by atoms with Crippen LogP contribution in [0.15, 0.2) is 51.6 Å². The number of fused-ring (bicyclic) bond motifs is 1. The minimum absolute atomic E-state index is 0.0960. The molecule has 0 saturated heterocycles. The number of amides is 1. The molecule has 0 saturated carbocycles. The Labute approximate surface area is 133 Å². The number of carbonyl (C=O) groups is 1. The monoisotopic (exact) mass is 308 g/mol. The van der Waals surface area contributed by atoms with Crippen molar-refractivity contribution in [3.63, 3.8) is 0 Å². The number of carbonyl (C=O) groups excluding carboxylic acids is 1. The second-order valence-electron chi connectivity index (χ2n) is 5.80. The number of hydrogen-bond acceptors (Lipinski definition) is 4. The molecular formula is C18H16N2O3. The Morgan fingerprint density at radius 3 is 2.87 bits per heavy atom. The first-order valence-electron chi connectivity index (χ1n) is 7.58. The lowest BCUT2D eigenvalue weighted by Gasteiger charge is -2.22. The van der Waals surface area contributed by atoms with Gasteiger partial charge in [-0.05, 0) is 44.0 Å². The predicted molar refractivity (Wildman–Crippen MR) is 85.4 cm³/mol. The van der Waals surface area contributed by atoms with E-state index in [4.69, 9.17) is 8.94 Å². The lowest BCUT2D eigenvalue weighted by Crippen LogP contribution is -2.36. The zero-order valence-electron chi connectivity index (χ0n) is 12.9. The van der Waals surface area contributed by atoms with Crippen LogP contribution in [0.1, 0.15) is 28.6 Å². The average Bonchev–Trinajstić information content (AvgIpc) is 3.23. The molecule has 1 amide bonds. The largest absolute Gasteiger partial charge is 0.463 e. The van der Waals surface area contributed by atoms with Gasteiger partial charge in [-0.2, -0.15) is 0 Å². The third kappa shape index (κ3) is 2.08. The highest BCUT2D eigenvalue weighted by Gasteiger charge is 2.35. The minimum atomic E-state index is -0.104. The predicted octanol–water partition coefficient (Wildman–Crippen LogP) is 3.83. The summed E-state index contributed by atoms with van der Waals surface area (Å²) in [5.41, 5.74) is 3.05. The first-order chi connectivity index (χ1) is 11.2. The van der Waals surface area contributed by atoms with Crippen LogP contribution in [0.4, 0.5) is 5.69 Å². The van der Waals surface area contributed by atoms with Crippen LogP contribution in [0.2, 0.25) is 0 Å². The molecule has 1 aliphatic rings. The number of aromatic nitrogens is 1. The van der Waals surface area contributed by atoms with Gasteiger partial charge in [-0.15, -0.1) is 0 Å². The molecule has 0 spiro atoms. The van der Waals surface area contributed by atoms with Crippen molar-refractivity contribution >= 4 is 11.6 Å². The van der Waals surface area contributed by atoms with E-state index in [0.717, 1.165) is 12.1 Å². The van der Waals surface area contributed by atoms with Gasteiger partial charge in [0.05, 0.1) is 6.26 Å². The van der Waals surface area contributed by atoms with Gasteiger partial charge in [-0.3, -0.25) is 4.79 Å². The second kappa shape index (κ2) is 5.12. The zero-order chi connectivity index (χ0) is 16.0. The van der Waals surface area contributed by atoms with Gasteiger partial charge >= 0.3 is 0 Å². The number of para-hydroxylation sites is 1. The number of aryl methyl sites for hydroxylation is 1. The van der Waals surface area contributed by atoms with Crippen LogP contribution in [0.3, 0.4) is 0 Å². The first kappa shape index (κ1) is 13.8. The Hall–Kier alpha value is -2.82. The Morgan fingerprint density at radius 2 is 2.09 bits per heavy atom. The highest BCUT2D eigenvalue weighted by Crippen LogP contribution is 2.35. The van der Waals surface area contributed by atoms with Crippen molar-refractivity contribution in [1.82, 2.24) is 5.16 Å². The third-order valence-corrected chi connectivity index (χ3v) is 4.26. The Kier molecular flexibility index (Phi) is 3.08. The van der Waals surface area contributed by atoms with Gasteiger partial charge in [-0.25, -0.2) is 0 Å². The van der Waals surface area contributed by atoms with E-state index in [2.05, 4.69) is 11.2 Å². The maximum absolute atomic E-state index is 13.2. The standard InChI is InChI=1S/C18H16N2O3/c1-11-10-13-6-3-4-7-14(13)20(11)18(21)16-12(2)23-19-17(16)15-8-5-9-22-15/h3-9,11H,10H2,1-2H3. The fourth-order valence-electron chi connectivity index (χ4n) is 3.20. The number of furan rings is 1. The summed E-state index contributed by atoms with van der Waals surface area (Å²) in [6.45, 7) is 3.80. The molecule has 0 N–H and O–H groups in total. The van der Waals surface area contributed by atoms with Crippen molar-refractivity contribution in [2.45, 2.75) is 26.3 Å². The summed E-state index contributed by atoms with van der Waals surface area (Å²) in [5, 5.41) is 4.02. The molecule has 1 atom stereocenters. The molecule has 1 aliphatic heterocycles. The zero-order valence-corrected chi connectivity index (χ0v) is 12.9. The van der Waals surface area contributed by atoms with Crippen LogP contribution in [-0.4, -0.2) is 17.1 Å². The first-order valence-corrected chi connectivity index (χ1v) is 7.58. The molecule has 1 aromatic carbocycles. The lowest BCUT2D eigenvalue weighted by atomic mass is 10.1. The minimum Gasteiger partial charge on any atom is -0.463 e. The van der Waals surface area contributed by atoms with Crippen LogP contribution >= 0.6 is 0 Å². The Bertz CT molecular complexity index is 864. The van der Waals surface area contributed by atoms with Crippen LogP contribution < -0.4 is 4.90 Å². The van der Waals surface area contributed by atoms with Gasteiger partial charge in [0.1, 0.15) is 11.3 Å². The summed E-state index contributed by atoms with van der Waals surface area (Å²) in [6.07, 6.45) is 2.41. The van der Waals surface area contributed by atoms with Crippen LogP contribution in [0.5, 0.6) is 0 Å². The molecule has 0 fully saturated rings. The van der Waals surface area contributed by atoms with Crippen molar-refractivity contribution in [2.24, 2.45) is 0 Å². The van der Waals surface area contributed by atoms with Crippen molar-refractivity contribution in [2.75, 3.05) is 4.90 Å². The molecule has 23 heavy (non-hydrogen) atoms. The SMILES string of the molecule is Cc1onc(-c2ccco2)c1C(=O)N1c2ccccc2CC1C.